The van der Waals surface area contributed by atoms with Gasteiger partial charge in [-0.2, -0.15) is 0 Å². The van der Waals surface area contributed by atoms with Crippen molar-refractivity contribution in [3.63, 3.8) is 0 Å². The van der Waals surface area contributed by atoms with Crippen LogP contribution in [-0.4, -0.2) is 17.0 Å². The quantitative estimate of drug-likeness (QED) is 0.385. The number of hydrogen-bond acceptors (Lipinski definition) is 3. The summed E-state index contributed by atoms with van der Waals surface area (Å²) < 4.78 is 0. The fourth-order valence-electron chi connectivity index (χ4n) is 1.78. The maximum absolute atomic E-state index is 11.7. The number of rotatable bonds is 8. The summed E-state index contributed by atoms with van der Waals surface area (Å²) in [4.78, 5) is 22.5. The second-order valence-electron chi connectivity index (χ2n) is 4.63. The highest BCUT2D eigenvalue weighted by Crippen LogP contribution is 2.25. The van der Waals surface area contributed by atoms with Gasteiger partial charge in [-0.25, -0.2) is 5.48 Å². The summed E-state index contributed by atoms with van der Waals surface area (Å²) in [5, 5.41) is 11.9. The Labute approximate surface area is 133 Å². The first-order chi connectivity index (χ1) is 10.0. The van der Waals surface area contributed by atoms with Crippen molar-refractivity contribution in [1.82, 2.24) is 5.48 Å². The largest absolute Gasteiger partial charge is 0.326 e. The van der Waals surface area contributed by atoms with E-state index in [0.29, 0.717) is 35.0 Å². The molecule has 0 atom stereocenters. The molecule has 1 aromatic rings. The second kappa shape index (κ2) is 9.60. The smallest absolute Gasteiger partial charge is 0.243 e. The number of amides is 2. The van der Waals surface area contributed by atoms with E-state index in [2.05, 4.69) is 5.32 Å². The molecule has 2 amide bonds. The van der Waals surface area contributed by atoms with E-state index in [1.54, 1.807) is 23.7 Å². The van der Waals surface area contributed by atoms with Crippen molar-refractivity contribution >= 4 is 40.7 Å². The van der Waals surface area contributed by atoms with Gasteiger partial charge < -0.3 is 5.32 Å². The monoisotopic (exact) mass is 332 g/mol. The van der Waals surface area contributed by atoms with Gasteiger partial charge in [-0.05, 0) is 31.0 Å². The Hall–Kier alpha value is -1.30. The van der Waals surface area contributed by atoms with Gasteiger partial charge in [0.05, 0.1) is 10.0 Å². The molecular formula is C14H18Cl2N2O3. The van der Waals surface area contributed by atoms with Crippen molar-refractivity contribution in [3.05, 3.63) is 28.2 Å². The minimum atomic E-state index is -0.382. The van der Waals surface area contributed by atoms with Crippen LogP contribution in [0.15, 0.2) is 18.2 Å². The molecule has 0 bridgehead atoms. The predicted molar refractivity (Wildman–Crippen MR) is 82.7 cm³/mol. The Morgan fingerprint density at radius 2 is 1.57 bits per heavy atom. The number of unbranched alkanes of at least 4 members (excludes halogenated alkanes) is 3. The lowest BCUT2D eigenvalue weighted by Crippen LogP contribution is -2.17. The van der Waals surface area contributed by atoms with Crippen LogP contribution in [0.25, 0.3) is 0 Å². The van der Waals surface area contributed by atoms with Gasteiger partial charge in [0.15, 0.2) is 0 Å². The second-order valence-corrected chi connectivity index (χ2v) is 5.44. The molecule has 0 fully saturated rings. The highest BCUT2D eigenvalue weighted by molar-refractivity contribution is 6.42. The molecule has 7 heteroatoms. The van der Waals surface area contributed by atoms with E-state index in [1.807, 2.05) is 0 Å². The lowest BCUT2D eigenvalue weighted by molar-refractivity contribution is -0.129. The lowest BCUT2D eigenvalue weighted by atomic mass is 10.1. The Morgan fingerprint density at radius 1 is 0.952 bits per heavy atom. The molecule has 0 spiro atoms. The topological polar surface area (TPSA) is 78.4 Å². The van der Waals surface area contributed by atoms with Gasteiger partial charge in [0.25, 0.3) is 0 Å². The van der Waals surface area contributed by atoms with Crippen LogP contribution in [0.1, 0.15) is 38.5 Å². The molecule has 0 unspecified atom stereocenters. The third-order valence-electron chi connectivity index (χ3n) is 2.89. The number of carbonyl (C=O) groups excluding carboxylic acids is 2. The van der Waals surface area contributed by atoms with Gasteiger partial charge in [0, 0.05) is 18.5 Å². The number of nitrogens with one attached hydrogen (secondary N) is 2. The number of carbonyl (C=O) groups is 2. The van der Waals surface area contributed by atoms with Crippen molar-refractivity contribution < 1.29 is 14.8 Å². The molecule has 0 radical (unpaired) electrons. The van der Waals surface area contributed by atoms with Crippen LogP contribution in [0, 0.1) is 0 Å². The van der Waals surface area contributed by atoms with Crippen LogP contribution >= 0.6 is 23.2 Å². The average molecular weight is 333 g/mol. The molecule has 0 heterocycles. The standard InChI is InChI=1S/C14H18Cl2N2O3/c15-11-8-7-10(9-12(11)16)17-13(19)5-3-1-2-4-6-14(20)18-21/h7-9,21H,1-6H2,(H,17,19)(H,18,20). The van der Waals surface area contributed by atoms with Gasteiger partial charge >= 0.3 is 0 Å². The Balaban J connectivity index is 2.16. The summed E-state index contributed by atoms with van der Waals surface area (Å²) in [5.74, 6) is -0.464. The van der Waals surface area contributed by atoms with Crippen LogP contribution in [0.5, 0.6) is 0 Å². The Bertz CT molecular complexity index is 495. The first-order valence-electron chi connectivity index (χ1n) is 6.70. The molecule has 5 nitrogen and oxygen atoms in total. The van der Waals surface area contributed by atoms with Crippen molar-refractivity contribution in [2.45, 2.75) is 38.5 Å². The molecule has 0 saturated carbocycles. The first kappa shape index (κ1) is 17.8. The van der Waals surface area contributed by atoms with E-state index >= 15 is 0 Å². The van der Waals surface area contributed by atoms with Crippen molar-refractivity contribution in [3.8, 4) is 0 Å². The van der Waals surface area contributed by atoms with Crippen LogP contribution in [0.3, 0.4) is 0 Å². The maximum Gasteiger partial charge on any atom is 0.243 e. The Kier molecular flexibility index (Phi) is 8.12. The van der Waals surface area contributed by atoms with E-state index < -0.39 is 0 Å². The van der Waals surface area contributed by atoms with Gasteiger partial charge in [-0.3, -0.25) is 14.8 Å². The van der Waals surface area contributed by atoms with Crippen molar-refractivity contribution in [1.29, 1.82) is 0 Å². The van der Waals surface area contributed by atoms with E-state index in [1.165, 1.54) is 0 Å². The number of hydrogen-bond donors (Lipinski definition) is 3. The average Bonchev–Trinajstić information content (AvgIpc) is 2.46. The third-order valence-corrected chi connectivity index (χ3v) is 3.62. The SMILES string of the molecule is O=C(CCCCCCC(=O)Nc1ccc(Cl)c(Cl)c1)NO. The van der Waals surface area contributed by atoms with Crippen molar-refractivity contribution in [2.75, 3.05) is 5.32 Å². The molecule has 1 rings (SSSR count). The van der Waals surface area contributed by atoms with Gasteiger partial charge in [0.2, 0.25) is 11.8 Å². The number of anilines is 1. The molecule has 0 aliphatic carbocycles. The normalized spacial score (nSPS) is 10.2. The minimum absolute atomic E-state index is 0.0820. The minimum Gasteiger partial charge on any atom is -0.326 e. The van der Waals surface area contributed by atoms with Crippen molar-refractivity contribution in [2.24, 2.45) is 0 Å². The number of hydroxylamine groups is 1. The zero-order chi connectivity index (χ0) is 15.7. The third kappa shape index (κ3) is 7.32. The molecule has 0 aliphatic rings. The summed E-state index contributed by atoms with van der Waals surface area (Å²) in [6.07, 6.45) is 3.84. The molecule has 3 N–H and O–H groups in total. The zero-order valence-electron chi connectivity index (χ0n) is 11.5. The van der Waals surface area contributed by atoms with Crippen LogP contribution in [0.2, 0.25) is 10.0 Å². The number of halogens is 2. The molecule has 116 valence electrons. The van der Waals surface area contributed by atoms with E-state index in [4.69, 9.17) is 28.4 Å². The summed E-state index contributed by atoms with van der Waals surface area (Å²) in [5.41, 5.74) is 2.21. The molecule has 0 saturated heterocycles. The summed E-state index contributed by atoms with van der Waals surface area (Å²) in [6, 6.07) is 4.93. The summed E-state index contributed by atoms with van der Waals surface area (Å²) >= 11 is 11.7. The molecule has 0 aromatic heterocycles. The molecule has 0 aliphatic heterocycles. The zero-order valence-corrected chi connectivity index (χ0v) is 13.0. The first-order valence-corrected chi connectivity index (χ1v) is 7.46. The van der Waals surface area contributed by atoms with Gasteiger partial charge in [0.1, 0.15) is 0 Å². The molecule has 21 heavy (non-hydrogen) atoms. The van der Waals surface area contributed by atoms with Crippen LogP contribution in [-0.2, 0) is 9.59 Å². The fourth-order valence-corrected chi connectivity index (χ4v) is 2.08. The molecular weight excluding hydrogens is 315 g/mol. The lowest BCUT2D eigenvalue weighted by Gasteiger charge is -2.06. The number of benzene rings is 1. The van der Waals surface area contributed by atoms with Crippen LogP contribution in [0.4, 0.5) is 5.69 Å². The maximum atomic E-state index is 11.7. The summed E-state index contributed by atoms with van der Waals surface area (Å²) in [6.45, 7) is 0. The van der Waals surface area contributed by atoms with Gasteiger partial charge in [-0.15, -0.1) is 0 Å². The highest BCUT2D eigenvalue weighted by Gasteiger charge is 2.05. The molecule has 1 aromatic carbocycles. The van der Waals surface area contributed by atoms with Crippen LogP contribution < -0.4 is 10.8 Å². The van der Waals surface area contributed by atoms with E-state index in [0.717, 1.165) is 19.3 Å². The highest BCUT2D eigenvalue weighted by atomic mass is 35.5. The fraction of sp³-hybridized carbons (Fsp3) is 0.429. The van der Waals surface area contributed by atoms with E-state index in [9.17, 15) is 9.59 Å². The van der Waals surface area contributed by atoms with E-state index in [-0.39, 0.29) is 11.8 Å². The van der Waals surface area contributed by atoms with Gasteiger partial charge in [-0.1, -0.05) is 36.0 Å². The Morgan fingerprint density at radius 3 is 2.14 bits per heavy atom. The summed E-state index contributed by atoms with van der Waals surface area (Å²) in [7, 11) is 0. The predicted octanol–water partition coefficient (Wildman–Crippen LogP) is 3.78.